The number of imidazole rings is 1. The van der Waals surface area contributed by atoms with E-state index in [1.54, 1.807) is 7.05 Å². The molecule has 0 spiro atoms. The van der Waals surface area contributed by atoms with Crippen LogP contribution in [-0.2, 0) is 13.1 Å². The molecule has 0 unspecified atom stereocenters. The van der Waals surface area contributed by atoms with Crippen molar-refractivity contribution in [2.45, 2.75) is 32.9 Å². The van der Waals surface area contributed by atoms with Crippen LogP contribution in [0.5, 0.6) is 0 Å². The largest absolute Gasteiger partial charge is 0.356 e. The molecule has 0 aliphatic carbocycles. The molecule has 0 atom stereocenters. The molecular weight excluding hydrogens is 310 g/mol. The number of hydrogen-bond acceptors (Lipinski definition) is 2. The smallest absolute Gasteiger partial charge is 0.191 e. The first-order valence-corrected chi connectivity index (χ1v) is 8.24. The van der Waals surface area contributed by atoms with Crippen LogP contribution >= 0.6 is 11.6 Å². The number of benzene rings is 1. The van der Waals surface area contributed by atoms with Gasteiger partial charge < -0.3 is 15.2 Å². The van der Waals surface area contributed by atoms with E-state index in [1.165, 1.54) is 0 Å². The minimum atomic E-state index is 0.660. The van der Waals surface area contributed by atoms with Gasteiger partial charge in [0.25, 0.3) is 0 Å². The van der Waals surface area contributed by atoms with Crippen LogP contribution in [0.1, 0.15) is 24.2 Å². The van der Waals surface area contributed by atoms with E-state index in [-0.39, 0.29) is 0 Å². The molecule has 0 aliphatic heterocycles. The van der Waals surface area contributed by atoms with Gasteiger partial charge in [-0.15, -0.1) is 0 Å². The average molecular weight is 334 g/mol. The molecule has 0 saturated heterocycles. The van der Waals surface area contributed by atoms with Gasteiger partial charge in [0.2, 0.25) is 0 Å². The first kappa shape index (κ1) is 17.3. The van der Waals surface area contributed by atoms with E-state index in [9.17, 15) is 0 Å². The van der Waals surface area contributed by atoms with Crippen molar-refractivity contribution in [1.82, 2.24) is 20.2 Å². The molecule has 1 aromatic carbocycles. The van der Waals surface area contributed by atoms with Crippen molar-refractivity contribution in [2.24, 2.45) is 4.99 Å². The van der Waals surface area contributed by atoms with E-state index >= 15 is 0 Å². The van der Waals surface area contributed by atoms with Crippen LogP contribution in [0.15, 0.2) is 41.7 Å². The van der Waals surface area contributed by atoms with Crippen LogP contribution in [0, 0.1) is 6.92 Å². The summed E-state index contributed by atoms with van der Waals surface area (Å²) in [6.07, 6.45) is 6.04. The molecule has 1 aromatic heterocycles. The van der Waals surface area contributed by atoms with Gasteiger partial charge in [-0.2, -0.15) is 0 Å². The summed E-state index contributed by atoms with van der Waals surface area (Å²) in [6, 6.07) is 7.82. The lowest BCUT2D eigenvalue weighted by molar-refractivity contribution is 0.588. The normalized spacial score (nSPS) is 11.5. The second-order valence-electron chi connectivity index (χ2n) is 5.32. The van der Waals surface area contributed by atoms with Crippen molar-refractivity contribution in [2.75, 3.05) is 13.6 Å². The number of hydrogen-bond donors (Lipinski definition) is 2. The van der Waals surface area contributed by atoms with Crippen LogP contribution in [0.2, 0.25) is 5.02 Å². The zero-order chi connectivity index (χ0) is 16.5. The van der Waals surface area contributed by atoms with E-state index in [1.807, 2.05) is 43.6 Å². The van der Waals surface area contributed by atoms with E-state index in [0.717, 1.165) is 48.3 Å². The Labute approximate surface area is 142 Å². The molecule has 6 heteroatoms. The van der Waals surface area contributed by atoms with Crippen molar-refractivity contribution in [3.63, 3.8) is 0 Å². The Morgan fingerprint density at radius 2 is 2.09 bits per heavy atom. The van der Waals surface area contributed by atoms with E-state index in [4.69, 9.17) is 11.6 Å². The highest BCUT2D eigenvalue weighted by molar-refractivity contribution is 6.31. The van der Waals surface area contributed by atoms with Gasteiger partial charge in [-0.25, -0.2) is 4.98 Å². The predicted octanol–water partition coefficient (Wildman–Crippen LogP) is 2.99. The number of aromatic nitrogens is 2. The van der Waals surface area contributed by atoms with Gasteiger partial charge in [0, 0.05) is 44.1 Å². The number of halogens is 1. The fourth-order valence-corrected chi connectivity index (χ4v) is 2.50. The van der Waals surface area contributed by atoms with Gasteiger partial charge in [-0.3, -0.25) is 4.99 Å². The molecule has 5 nitrogen and oxygen atoms in total. The molecule has 1 heterocycles. The van der Waals surface area contributed by atoms with Crippen molar-refractivity contribution < 1.29 is 0 Å². The number of rotatable bonds is 7. The molecule has 0 saturated carbocycles. The Morgan fingerprint density at radius 3 is 2.78 bits per heavy atom. The van der Waals surface area contributed by atoms with Crippen molar-refractivity contribution in [1.29, 1.82) is 0 Å². The highest BCUT2D eigenvalue weighted by atomic mass is 35.5. The molecule has 2 N–H and O–H groups in total. The zero-order valence-electron chi connectivity index (χ0n) is 13.7. The second kappa shape index (κ2) is 9.20. The van der Waals surface area contributed by atoms with Gasteiger partial charge in [0.05, 0.1) is 0 Å². The van der Waals surface area contributed by atoms with Crippen molar-refractivity contribution in [3.8, 4) is 0 Å². The minimum absolute atomic E-state index is 0.660. The lowest BCUT2D eigenvalue weighted by Gasteiger charge is -2.12. The topological polar surface area (TPSA) is 54.2 Å². The zero-order valence-corrected chi connectivity index (χ0v) is 14.5. The highest BCUT2D eigenvalue weighted by Crippen LogP contribution is 2.14. The molecule has 23 heavy (non-hydrogen) atoms. The summed E-state index contributed by atoms with van der Waals surface area (Å²) in [7, 11) is 1.77. The maximum absolute atomic E-state index is 6.15. The van der Waals surface area contributed by atoms with Gasteiger partial charge in [-0.05, 0) is 31.4 Å². The van der Waals surface area contributed by atoms with E-state index in [2.05, 4.69) is 25.2 Å². The summed E-state index contributed by atoms with van der Waals surface area (Å²) in [5.74, 6) is 1.86. The lowest BCUT2D eigenvalue weighted by Crippen LogP contribution is -2.37. The Bertz CT molecular complexity index is 635. The molecular formula is C17H24ClN5. The number of aliphatic imine (C=N–C) groups is 1. The number of nitrogens with one attached hydrogen (secondary N) is 2. The average Bonchev–Trinajstić information content (AvgIpc) is 2.96. The standard InChI is InChI=1S/C17H24ClN5/c1-14-20-10-12-23(14)11-6-5-9-21-17(19-2)22-13-15-7-3-4-8-16(15)18/h3-4,7-8,10,12H,5-6,9,11,13H2,1-2H3,(H2,19,21,22). The Balaban J connectivity index is 1.65. The summed E-state index contributed by atoms with van der Waals surface area (Å²) in [4.78, 5) is 8.46. The van der Waals surface area contributed by atoms with Crippen LogP contribution in [-0.4, -0.2) is 29.1 Å². The lowest BCUT2D eigenvalue weighted by atomic mass is 10.2. The van der Waals surface area contributed by atoms with Crippen LogP contribution in [0.25, 0.3) is 0 Å². The van der Waals surface area contributed by atoms with E-state index in [0.29, 0.717) is 6.54 Å². The summed E-state index contributed by atoms with van der Waals surface area (Å²) in [5.41, 5.74) is 1.06. The van der Waals surface area contributed by atoms with Gasteiger partial charge in [0.1, 0.15) is 5.82 Å². The van der Waals surface area contributed by atoms with Crippen LogP contribution in [0.4, 0.5) is 0 Å². The number of unbranched alkanes of at least 4 members (excludes halogenated alkanes) is 1. The van der Waals surface area contributed by atoms with Gasteiger partial charge in [-0.1, -0.05) is 29.8 Å². The quantitative estimate of drug-likeness (QED) is 0.465. The first-order chi connectivity index (χ1) is 11.2. The van der Waals surface area contributed by atoms with Crippen molar-refractivity contribution >= 4 is 17.6 Å². The Morgan fingerprint density at radius 1 is 1.26 bits per heavy atom. The third-order valence-corrected chi connectivity index (χ3v) is 4.04. The van der Waals surface area contributed by atoms with Gasteiger partial charge in [0.15, 0.2) is 5.96 Å². The summed E-state index contributed by atoms with van der Waals surface area (Å²) in [5, 5.41) is 7.37. The third-order valence-electron chi connectivity index (χ3n) is 3.67. The monoisotopic (exact) mass is 333 g/mol. The third kappa shape index (κ3) is 5.60. The SMILES string of the molecule is CN=C(NCCCCn1ccnc1C)NCc1ccccc1Cl. The summed E-state index contributed by atoms with van der Waals surface area (Å²) in [6.45, 7) is 4.57. The molecule has 0 radical (unpaired) electrons. The second-order valence-corrected chi connectivity index (χ2v) is 5.73. The Hall–Kier alpha value is -2.01. The summed E-state index contributed by atoms with van der Waals surface area (Å²) < 4.78 is 2.17. The molecule has 0 amide bonds. The molecule has 0 bridgehead atoms. The van der Waals surface area contributed by atoms with Gasteiger partial charge >= 0.3 is 0 Å². The van der Waals surface area contributed by atoms with Crippen molar-refractivity contribution in [3.05, 3.63) is 53.1 Å². The predicted molar refractivity (Wildman–Crippen MR) is 95.9 cm³/mol. The van der Waals surface area contributed by atoms with Crippen LogP contribution < -0.4 is 10.6 Å². The van der Waals surface area contributed by atoms with E-state index < -0.39 is 0 Å². The van der Waals surface area contributed by atoms with Crippen LogP contribution in [0.3, 0.4) is 0 Å². The molecule has 0 aliphatic rings. The number of aryl methyl sites for hydroxylation is 2. The maximum atomic E-state index is 6.15. The number of guanidine groups is 1. The summed E-state index contributed by atoms with van der Waals surface area (Å²) >= 11 is 6.15. The Kier molecular flexibility index (Phi) is 6.94. The fourth-order valence-electron chi connectivity index (χ4n) is 2.30. The highest BCUT2D eigenvalue weighted by Gasteiger charge is 2.01. The fraction of sp³-hybridized carbons (Fsp3) is 0.412. The minimum Gasteiger partial charge on any atom is -0.356 e. The number of nitrogens with zero attached hydrogens (tertiary/aromatic N) is 3. The molecule has 2 aromatic rings. The first-order valence-electron chi connectivity index (χ1n) is 7.86. The molecule has 124 valence electrons. The molecule has 0 fully saturated rings. The maximum Gasteiger partial charge on any atom is 0.191 e. The molecule has 2 rings (SSSR count).